The highest BCUT2D eigenvalue weighted by Crippen LogP contribution is 2.59. The minimum Gasteiger partial charge on any atom is -0.380 e. The van der Waals surface area contributed by atoms with Crippen molar-refractivity contribution in [1.82, 2.24) is 0 Å². The molecule has 1 heterocycles. The van der Waals surface area contributed by atoms with E-state index in [1.807, 2.05) is 74.5 Å². The van der Waals surface area contributed by atoms with Crippen molar-refractivity contribution in [2.45, 2.75) is 63.7 Å². The van der Waals surface area contributed by atoms with Crippen LogP contribution in [0.15, 0.2) is 60.7 Å². The lowest BCUT2D eigenvalue weighted by Gasteiger charge is -2.28. The Bertz CT molecular complexity index is 808. The molecule has 162 valence electrons. The maximum atomic E-state index is 13.7. The summed E-state index contributed by atoms with van der Waals surface area (Å²) in [6.45, 7) is 3.97. The van der Waals surface area contributed by atoms with Crippen LogP contribution in [-0.4, -0.2) is 28.9 Å². The Morgan fingerprint density at radius 3 is 1.80 bits per heavy atom. The fraction of sp³-hybridized carbons (Fsp3) is 0.478. The van der Waals surface area contributed by atoms with E-state index >= 15 is 0 Å². The molecule has 1 saturated heterocycles. The van der Waals surface area contributed by atoms with Gasteiger partial charge < -0.3 is 23.6 Å². The summed E-state index contributed by atoms with van der Waals surface area (Å²) in [4.78, 5) is 0. The maximum absolute atomic E-state index is 13.7. The van der Waals surface area contributed by atoms with E-state index in [0.717, 1.165) is 11.1 Å². The Kier molecular flexibility index (Phi) is 6.44. The molecule has 0 aromatic heterocycles. The Morgan fingerprint density at radius 2 is 1.37 bits per heavy atom. The summed E-state index contributed by atoms with van der Waals surface area (Å²) >= 11 is 0. The lowest BCUT2D eigenvalue weighted by Crippen LogP contribution is -2.27. The van der Waals surface area contributed by atoms with Crippen LogP contribution >= 0.6 is 7.60 Å². The molecule has 30 heavy (non-hydrogen) atoms. The molecule has 2 fully saturated rings. The van der Waals surface area contributed by atoms with Crippen molar-refractivity contribution < 1.29 is 28.2 Å². The van der Waals surface area contributed by atoms with Gasteiger partial charge in [0.1, 0.15) is 0 Å². The molecule has 0 radical (unpaired) electrons. The lowest BCUT2D eigenvalue weighted by atomic mass is 10.1. The highest BCUT2D eigenvalue weighted by Gasteiger charge is 2.52. The minimum atomic E-state index is -3.82. The van der Waals surface area contributed by atoms with E-state index in [9.17, 15) is 9.67 Å². The van der Waals surface area contributed by atoms with Crippen LogP contribution < -0.4 is 0 Å². The fourth-order valence-electron chi connectivity index (χ4n) is 4.17. The average molecular weight is 432 g/mol. The van der Waals surface area contributed by atoms with Crippen molar-refractivity contribution >= 4 is 7.60 Å². The predicted molar refractivity (Wildman–Crippen MR) is 113 cm³/mol. The third-order valence-electron chi connectivity index (χ3n) is 5.61. The van der Waals surface area contributed by atoms with Gasteiger partial charge in [0.2, 0.25) is 0 Å². The van der Waals surface area contributed by atoms with Crippen molar-refractivity contribution in [3.05, 3.63) is 71.8 Å². The van der Waals surface area contributed by atoms with Crippen molar-refractivity contribution in [3.8, 4) is 0 Å². The molecule has 1 aliphatic carbocycles. The highest BCUT2D eigenvalue weighted by atomic mass is 31.2. The first-order valence-corrected chi connectivity index (χ1v) is 12.0. The summed E-state index contributed by atoms with van der Waals surface area (Å²) in [5, 5.41) is 11.1. The van der Waals surface area contributed by atoms with E-state index in [1.165, 1.54) is 0 Å². The van der Waals surface area contributed by atoms with Gasteiger partial charge >= 0.3 is 7.60 Å². The zero-order chi connectivity index (χ0) is 21.2. The first-order valence-electron chi connectivity index (χ1n) is 10.3. The molecule has 2 aliphatic rings. The topological polar surface area (TPSA) is 74.2 Å². The number of ether oxygens (including phenoxy) is 2. The minimum absolute atomic E-state index is 0.101. The zero-order valence-electron chi connectivity index (χ0n) is 17.3. The molecule has 1 saturated carbocycles. The van der Waals surface area contributed by atoms with Crippen LogP contribution in [0.3, 0.4) is 0 Å². The summed E-state index contributed by atoms with van der Waals surface area (Å²) in [6, 6.07) is 18.9. The number of fused-ring (bicyclic) bond motifs is 1. The molecular weight excluding hydrogens is 403 g/mol. The highest BCUT2D eigenvalue weighted by molar-refractivity contribution is 7.54. The van der Waals surface area contributed by atoms with Crippen molar-refractivity contribution in [2.24, 2.45) is 5.92 Å². The van der Waals surface area contributed by atoms with E-state index in [1.54, 1.807) is 0 Å². The molecule has 0 spiro atoms. The normalized spacial score (nSPS) is 26.4. The van der Waals surface area contributed by atoms with Gasteiger partial charge in [0.05, 0.1) is 25.4 Å². The molecule has 2 aromatic carbocycles. The third-order valence-corrected chi connectivity index (χ3v) is 7.66. The van der Waals surface area contributed by atoms with E-state index in [2.05, 4.69) is 0 Å². The Labute approximate surface area is 177 Å². The Balaban J connectivity index is 1.46. The molecule has 4 atom stereocenters. The van der Waals surface area contributed by atoms with Gasteiger partial charge in [-0.15, -0.1) is 0 Å². The van der Waals surface area contributed by atoms with Crippen LogP contribution in [0.1, 0.15) is 37.8 Å². The van der Waals surface area contributed by atoms with E-state index in [0.29, 0.717) is 12.8 Å². The van der Waals surface area contributed by atoms with Gasteiger partial charge in [-0.05, 0) is 37.8 Å². The van der Waals surface area contributed by atoms with Crippen LogP contribution in [-0.2, 0) is 36.3 Å². The third kappa shape index (κ3) is 5.02. The van der Waals surface area contributed by atoms with E-state index in [4.69, 9.17) is 18.5 Å². The second kappa shape index (κ2) is 8.91. The first kappa shape index (κ1) is 21.7. The largest absolute Gasteiger partial charge is 0.380 e. The molecule has 7 heteroatoms. The van der Waals surface area contributed by atoms with Gasteiger partial charge in [-0.2, -0.15) is 0 Å². The predicted octanol–water partition coefficient (Wildman–Crippen LogP) is 4.86. The zero-order valence-corrected chi connectivity index (χ0v) is 18.2. The smallest absolute Gasteiger partial charge is 0.359 e. The van der Waals surface area contributed by atoms with Crippen molar-refractivity contribution in [2.75, 3.05) is 0 Å². The standard InChI is InChI=1S/C23H29O6P/c1-23(2)28-20-13-19(14-21(20)29-23)22(24)30(25,26-15-17-9-5-3-6-10-17)27-16-18-11-7-4-8-12-18/h3-12,19-22,24H,13-16H2,1-2H3/t19?,20-,21+,22?. The van der Waals surface area contributed by atoms with Crippen LogP contribution in [0.25, 0.3) is 0 Å². The molecule has 0 amide bonds. The number of aliphatic hydroxyl groups is 1. The fourth-order valence-corrected chi connectivity index (χ4v) is 5.97. The van der Waals surface area contributed by atoms with Crippen LogP contribution in [0.2, 0.25) is 0 Å². The molecule has 2 aromatic rings. The second-order valence-electron chi connectivity index (χ2n) is 8.42. The number of hydrogen-bond donors (Lipinski definition) is 1. The van der Waals surface area contributed by atoms with Gasteiger partial charge in [-0.1, -0.05) is 60.7 Å². The monoisotopic (exact) mass is 432 g/mol. The summed E-state index contributed by atoms with van der Waals surface area (Å²) in [5.41, 5.74) is 1.73. The van der Waals surface area contributed by atoms with Gasteiger partial charge in [0, 0.05) is 5.92 Å². The molecule has 2 unspecified atom stereocenters. The molecular formula is C23H29O6P. The number of aliphatic hydroxyl groups excluding tert-OH is 1. The van der Waals surface area contributed by atoms with Gasteiger partial charge in [-0.3, -0.25) is 4.57 Å². The van der Waals surface area contributed by atoms with Gasteiger partial charge in [0.25, 0.3) is 0 Å². The van der Waals surface area contributed by atoms with Crippen LogP contribution in [0, 0.1) is 5.92 Å². The quantitative estimate of drug-likeness (QED) is 0.601. The number of hydrogen-bond acceptors (Lipinski definition) is 6. The van der Waals surface area contributed by atoms with E-state index < -0.39 is 19.2 Å². The summed E-state index contributed by atoms with van der Waals surface area (Å²) in [7, 11) is -3.82. The van der Waals surface area contributed by atoms with Crippen LogP contribution in [0.5, 0.6) is 0 Å². The SMILES string of the molecule is CC1(C)O[C@H]2CC(C(O)P(=O)(OCc3ccccc3)OCc3ccccc3)C[C@H]2O1. The van der Waals surface area contributed by atoms with Gasteiger partial charge in [0.15, 0.2) is 11.6 Å². The molecule has 0 bridgehead atoms. The Morgan fingerprint density at radius 1 is 0.933 bits per heavy atom. The first-order chi connectivity index (χ1) is 14.3. The van der Waals surface area contributed by atoms with E-state index in [-0.39, 0.29) is 31.3 Å². The van der Waals surface area contributed by atoms with Crippen molar-refractivity contribution in [3.63, 3.8) is 0 Å². The van der Waals surface area contributed by atoms with Gasteiger partial charge in [-0.25, -0.2) is 0 Å². The molecule has 1 N–H and O–H groups in total. The number of benzene rings is 2. The Hall–Kier alpha value is -1.53. The number of rotatable bonds is 8. The van der Waals surface area contributed by atoms with Crippen LogP contribution in [0.4, 0.5) is 0 Å². The van der Waals surface area contributed by atoms with Crippen molar-refractivity contribution in [1.29, 1.82) is 0 Å². The second-order valence-corrected chi connectivity index (χ2v) is 10.5. The maximum Gasteiger partial charge on any atom is 0.359 e. The summed E-state index contributed by atoms with van der Waals surface area (Å²) in [5.74, 6) is -2.15. The molecule has 4 rings (SSSR count). The lowest BCUT2D eigenvalue weighted by molar-refractivity contribution is -0.155. The summed E-state index contributed by atoms with van der Waals surface area (Å²) in [6.07, 6.45) is 0.887. The summed E-state index contributed by atoms with van der Waals surface area (Å²) < 4.78 is 37.1. The average Bonchev–Trinajstić information content (AvgIpc) is 3.25. The molecule has 6 nitrogen and oxygen atoms in total. The molecule has 1 aliphatic heterocycles.